The van der Waals surface area contributed by atoms with Crippen molar-refractivity contribution < 1.29 is 4.74 Å². The van der Waals surface area contributed by atoms with Crippen molar-refractivity contribution in [2.75, 3.05) is 32.2 Å². The van der Waals surface area contributed by atoms with Crippen molar-refractivity contribution in [1.82, 2.24) is 0 Å². The Labute approximate surface area is 102 Å². The molecule has 0 aliphatic carbocycles. The van der Waals surface area contributed by atoms with Crippen molar-refractivity contribution >= 4 is 29.9 Å². The maximum absolute atomic E-state index is 5.86. The molecule has 0 atom stereocenters. The van der Waals surface area contributed by atoms with E-state index in [1.54, 1.807) is 7.11 Å². The number of thiol groups is 1. The molecule has 84 valence electrons. The summed E-state index contributed by atoms with van der Waals surface area (Å²) in [6, 6.07) is 5.72. The first-order chi connectivity index (χ1) is 7.15. The summed E-state index contributed by atoms with van der Waals surface area (Å²) in [6.45, 7) is 1.73. The van der Waals surface area contributed by atoms with Gasteiger partial charge in [0.15, 0.2) is 0 Å². The van der Waals surface area contributed by atoms with Gasteiger partial charge in [-0.05, 0) is 24.6 Å². The van der Waals surface area contributed by atoms with Crippen molar-refractivity contribution in [3.05, 3.63) is 23.2 Å². The van der Waals surface area contributed by atoms with Crippen molar-refractivity contribution in [3.8, 4) is 0 Å². The first-order valence-corrected chi connectivity index (χ1v) is 5.66. The van der Waals surface area contributed by atoms with Gasteiger partial charge in [-0.1, -0.05) is 11.6 Å². The van der Waals surface area contributed by atoms with Crippen molar-refractivity contribution in [3.63, 3.8) is 0 Å². The van der Waals surface area contributed by atoms with Gasteiger partial charge in [-0.2, -0.15) is 0 Å². The highest BCUT2D eigenvalue weighted by molar-refractivity contribution is 7.80. The second-order valence-electron chi connectivity index (χ2n) is 3.40. The number of ether oxygens (including phenoxy) is 1. The van der Waals surface area contributed by atoms with Crippen LogP contribution in [-0.2, 0) is 4.74 Å². The number of hydrogen-bond acceptors (Lipinski definition) is 3. The lowest BCUT2D eigenvalue weighted by molar-refractivity contribution is 0.196. The Kier molecular flexibility index (Phi) is 5.29. The van der Waals surface area contributed by atoms with Gasteiger partial charge < -0.3 is 9.64 Å². The molecular formula is C11H16ClNOS. The van der Waals surface area contributed by atoms with Gasteiger partial charge in [0.1, 0.15) is 0 Å². The summed E-state index contributed by atoms with van der Waals surface area (Å²) in [7, 11) is 3.75. The number of nitrogens with zero attached hydrogens (tertiary/aromatic N) is 1. The van der Waals surface area contributed by atoms with Gasteiger partial charge in [0.2, 0.25) is 0 Å². The average molecular weight is 246 g/mol. The molecule has 4 heteroatoms. The number of rotatable bonds is 5. The molecule has 1 aromatic rings. The van der Waals surface area contributed by atoms with Crippen LogP contribution in [0.1, 0.15) is 6.42 Å². The van der Waals surface area contributed by atoms with Crippen LogP contribution in [-0.4, -0.2) is 27.3 Å². The molecule has 15 heavy (non-hydrogen) atoms. The molecule has 0 bridgehead atoms. The zero-order chi connectivity index (χ0) is 11.3. The highest BCUT2D eigenvalue weighted by atomic mass is 35.5. The first-order valence-electron chi connectivity index (χ1n) is 4.83. The van der Waals surface area contributed by atoms with Gasteiger partial charge >= 0.3 is 0 Å². The van der Waals surface area contributed by atoms with Crippen molar-refractivity contribution in [1.29, 1.82) is 0 Å². The van der Waals surface area contributed by atoms with Gasteiger partial charge in [-0.3, -0.25) is 0 Å². The van der Waals surface area contributed by atoms with Crippen LogP contribution >= 0.6 is 24.2 Å². The van der Waals surface area contributed by atoms with Crippen molar-refractivity contribution in [2.24, 2.45) is 0 Å². The normalized spacial score (nSPS) is 10.4. The summed E-state index contributed by atoms with van der Waals surface area (Å²) in [5.74, 6) is 0. The van der Waals surface area contributed by atoms with Crippen LogP contribution in [0.2, 0.25) is 5.02 Å². The fourth-order valence-electron chi connectivity index (χ4n) is 1.39. The predicted molar refractivity (Wildman–Crippen MR) is 68.5 cm³/mol. The molecule has 0 unspecified atom stereocenters. The zero-order valence-electron chi connectivity index (χ0n) is 9.03. The molecule has 0 spiro atoms. The highest BCUT2D eigenvalue weighted by Crippen LogP contribution is 2.26. The molecule has 2 nitrogen and oxygen atoms in total. The largest absolute Gasteiger partial charge is 0.385 e. The summed E-state index contributed by atoms with van der Waals surface area (Å²) < 4.78 is 5.01. The Bertz CT molecular complexity index is 319. The Balaban J connectivity index is 2.61. The van der Waals surface area contributed by atoms with E-state index in [2.05, 4.69) is 17.5 Å². The number of hydrogen-bond donors (Lipinski definition) is 1. The summed E-state index contributed by atoms with van der Waals surface area (Å²) in [4.78, 5) is 3.06. The van der Waals surface area contributed by atoms with Crippen LogP contribution < -0.4 is 4.90 Å². The predicted octanol–water partition coefficient (Wildman–Crippen LogP) is 3.10. The van der Waals surface area contributed by atoms with E-state index < -0.39 is 0 Å². The SMILES string of the molecule is COCCCN(C)c1ccc(Cl)cc1S. The molecule has 0 saturated heterocycles. The fourth-order valence-corrected chi connectivity index (χ4v) is 2.02. The molecule has 0 aromatic heterocycles. The van der Waals surface area contributed by atoms with Crippen molar-refractivity contribution in [2.45, 2.75) is 11.3 Å². The van der Waals surface area contributed by atoms with E-state index in [1.807, 2.05) is 25.2 Å². The quantitative estimate of drug-likeness (QED) is 0.632. The Hall–Kier alpha value is -0.380. The zero-order valence-corrected chi connectivity index (χ0v) is 10.7. The van der Waals surface area contributed by atoms with E-state index in [9.17, 15) is 0 Å². The van der Waals surface area contributed by atoms with E-state index in [1.165, 1.54) is 0 Å². The lowest BCUT2D eigenvalue weighted by atomic mass is 10.3. The number of methoxy groups -OCH3 is 1. The Morgan fingerprint density at radius 1 is 1.47 bits per heavy atom. The minimum absolute atomic E-state index is 0.717. The van der Waals surface area contributed by atoms with Crippen LogP contribution in [0.3, 0.4) is 0 Å². The topological polar surface area (TPSA) is 12.5 Å². The van der Waals surface area contributed by atoms with Gasteiger partial charge in [-0.15, -0.1) is 12.6 Å². The monoisotopic (exact) mass is 245 g/mol. The number of benzene rings is 1. The maximum Gasteiger partial charge on any atom is 0.0500 e. The molecule has 1 aromatic carbocycles. The van der Waals surface area contributed by atoms with Crippen LogP contribution in [0, 0.1) is 0 Å². The minimum Gasteiger partial charge on any atom is -0.385 e. The molecule has 0 fully saturated rings. The molecule has 1 rings (SSSR count). The fraction of sp³-hybridized carbons (Fsp3) is 0.455. The summed E-state index contributed by atoms with van der Waals surface area (Å²) >= 11 is 10.3. The average Bonchev–Trinajstić information content (AvgIpc) is 2.17. The molecule has 0 heterocycles. The van der Waals surface area contributed by atoms with E-state index in [4.69, 9.17) is 16.3 Å². The van der Waals surface area contributed by atoms with Crippen LogP contribution in [0.5, 0.6) is 0 Å². The lowest BCUT2D eigenvalue weighted by Crippen LogP contribution is -2.20. The van der Waals surface area contributed by atoms with Gasteiger partial charge in [0.05, 0.1) is 0 Å². The van der Waals surface area contributed by atoms with E-state index in [0.29, 0.717) is 5.02 Å². The van der Waals surface area contributed by atoms with Crippen LogP contribution in [0.15, 0.2) is 23.1 Å². The third kappa shape index (κ3) is 3.93. The van der Waals surface area contributed by atoms with Crippen LogP contribution in [0.25, 0.3) is 0 Å². The van der Waals surface area contributed by atoms with Gasteiger partial charge in [0.25, 0.3) is 0 Å². The summed E-state index contributed by atoms with van der Waals surface area (Å²) in [5.41, 5.74) is 1.10. The molecule has 0 amide bonds. The van der Waals surface area contributed by atoms with E-state index in [0.717, 1.165) is 30.2 Å². The lowest BCUT2D eigenvalue weighted by Gasteiger charge is -2.20. The second kappa shape index (κ2) is 6.26. The standard InChI is InChI=1S/C11H16ClNOS/c1-13(6-3-7-14-2)10-5-4-9(12)8-11(10)15/h4-5,8,15H,3,6-7H2,1-2H3. The van der Waals surface area contributed by atoms with Gasteiger partial charge in [-0.25, -0.2) is 0 Å². The van der Waals surface area contributed by atoms with Gasteiger partial charge in [0, 0.05) is 42.9 Å². The minimum atomic E-state index is 0.717. The Morgan fingerprint density at radius 3 is 2.80 bits per heavy atom. The third-order valence-electron chi connectivity index (χ3n) is 2.19. The Morgan fingerprint density at radius 2 is 2.20 bits per heavy atom. The summed E-state index contributed by atoms with van der Waals surface area (Å²) in [5, 5.41) is 0.717. The second-order valence-corrected chi connectivity index (χ2v) is 4.32. The van der Waals surface area contributed by atoms with E-state index in [-0.39, 0.29) is 0 Å². The smallest absolute Gasteiger partial charge is 0.0500 e. The summed E-state index contributed by atoms with van der Waals surface area (Å²) in [6.07, 6.45) is 1.00. The molecule has 0 aliphatic rings. The molecule has 0 saturated carbocycles. The van der Waals surface area contributed by atoms with E-state index >= 15 is 0 Å². The third-order valence-corrected chi connectivity index (χ3v) is 2.78. The first kappa shape index (κ1) is 12.7. The molecular weight excluding hydrogens is 230 g/mol. The van der Waals surface area contributed by atoms with Crippen LogP contribution in [0.4, 0.5) is 5.69 Å². The molecule has 0 aliphatic heterocycles. The molecule has 0 N–H and O–H groups in total. The number of halogens is 1. The molecule has 0 radical (unpaired) electrons. The number of anilines is 1. The highest BCUT2D eigenvalue weighted by Gasteiger charge is 2.04. The maximum atomic E-state index is 5.86.